The molecule has 1 aliphatic rings. The number of carbonyl (C=O) groups excluding carboxylic acids is 1. The molecule has 9 nitrogen and oxygen atoms in total. The van der Waals surface area contributed by atoms with Crippen LogP contribution in [0.25, 0.3) is 0 Å². The predicted molar refractivity (Wildman–Crippen MR) is 243 cm³/mol. The minimum Gasteiger partial charge on any atom is -0.390 e. The Hall–Kier alpha value is -0.650. The SMILES string of the molecule is CCCCCCCCCCCC(=O)CC(C)(C)CCOC(C)(C)C(C1OCC(C(C)(C)OCCC(C)(C)O)C1C(C)(C)OCCC(C)(C)O)C(C)(C)OCCC(C)(C)O. The van der Waals surface area contributed by atoms with Crippen LogP contribution in [-0.2, 0) is 28.5 Å². The lowest BCUT2D eigenvalue weighted by Crippen LogP contribution is -2.60. The Morgan fingerprint density at radius 1 is 0.559 bits per heavy atom. The van der Waals surface area contributed by atoms with E-state index in [1.165, 1.54) is 44.9 Å². The van der Waals surface area contributed by atoms with Crippen LogP contribution in [0.3, 0.4) is 0 Å². The van der Waals surface area contributed by atoms with Crippen molar-refractivity contribution >= 4 is 5.78 Å². The minimum absolute atomic E-state index is 0.0901. The Morgan fingerprint density at radius 2 is 0.949 bits per heavy atom. The quantitative estimate of drug-likeness (QED) is 0.0554. The zero-order valence-corrected chi connectivity index (χ0v) is 41.7. The molecule has 3 N–H and O–H groups in total. The first-order valence-electron chi connectivity index (χ1n) is 23.6. The van der Waals surface area contributed by atoms with Gasteiger partial charge in [-0.3, -0.25) is 4.79 Å². The zero-order valence-electron chi connectivity index (χ0n) is 41.7. The smallest absolute Gasteiger partial charge is 0.133 e. The van der Waals surface area contributed by atoms with Crippen LogP contribution in [0.2, 0.25) is 0 Å². The first kappa shape index (κ1) is 56.4. The molecule has 4 atom stereocenters. The van der Waals surface area contributed by atoms with Crippen LogP contribution in [-0.4, -0.2) is 99.4 Å². The predicted octanol–water partition coefficient (Wildman–Crippen LogP) is 11.2. The van der Waals surface area contributed by atoms with E-state index in [9.17, 15) is 20.1 Å². The lowest BCUT2D eigenvalue weighted by molar-refractivity contribution is -0.211. The second-order valence-corrected chi connectivity index (χ2v) is 23.1. The molecule has 0 aromatic rings. The largest absolute Gasteiger partial charge is 0.390 e. The molecule has 1 saturated heterocycles. The molecular formula is C50H98O9. The Balaban J connectivity index is 3.37. The summed E-state index contributed by atoms with van der Waals surface area (Å²) in [6.07, 6.45) is 14.2. The van der Waals surface area contributed by atoms with Crippen molar-refractivity contribution in [1.29, 1.82) is 0 Å². The Kier molecular flexibility index (Phi) is 22.8. The number of ether oxygens (including phenoxy) is 5. The van der Waals surface area contributed by atoms with Crippen molar-refractivity contribution in [2.75, 3.05) is 33.0 Å². The van der Waals surface area contributed by atoms with Crippen molar-refractivity contribution in [3.8, 4) is 0 Å². The van der Waals surface area contributed by atoms with Crippen molar-refractivity contribution in [1.82, 2.24) is 0 Å². The molecule has 0 aliphatic carbocycles. The molecule has 1 rings (SSSR count). The Labute approximate surface area is 364 Å². The van der Waals surface area contributed by atoms with E-state index in [4.69, 9.17) is 23.7 Å². The fraction of sp³-hybridized carbons (Fsp3) is 0.980. The van der Waals surface area contributed by atoms with Crippen molar-refractivity contribution in [3.63, 3.8) is 0 Å². The molecule has 0 radical (unpaired) electrons. The summed E-state index contributed by atoms with van der Waals surface area (Å²) in [6.45, 7) is 36.3. The van der Waals surface area contributed by atoms with Gasteiger partial charge in [0.05, 0.1) is 71.7 Å². The van der Waals surface area contributed by atoms with Crippen LogP contribution in [0.4, 0.5) is 0 Å². The average molecular weight is 843 g/mol. The van der Waals surface area contributed by atoms with Gasteiger partial charge >= 0.3 is 0 Å². The normalized spacial score (nSPS) is 19.8. The second-order valence-electron chi connectivity index (χ2n) is 23.1. The van der Waals surface area contributed by atoms with Gasteiger partial charge in [0.25, 0.3) is 0 Å². The van der Waals surface area contributed by atoms with Gasteiger partial charge in [0.15, 0.2) is 0 Å². The molecule has 9 heteroatoms. The number of hydrogen-bond acceptors (Lipinski definition) is 9. The minimum atomic E-state index is -0.882. The summed E-state index contributed by atoms with van der Waals surface area (Å²) in [5.74, 6) is -0.231. The van der Waals surface area contributed by atoms with E-state index in [0.29, 0.717) is 70.9 Å². The van der Waals surface area contributed by atoms with E-state index in [-0.39, 0.29) is 29.3 Å². The van der Waals surface area contributed by atoms with Crippen LogP contribution in [0.1, 0.15) is 214 Å². The third-order valence-electron chi connectivity index (χ3n) is 12.8. The third-order valence-corrected chi connectivity index (χ3v) is 12.8. The number of rotatable bonds is 33. The third kappa shape index (κ3) is 22.5. The van der Waals surface area contributed by atoms with Gasteiger partial charge in [0.2, 0.25) is 0 Å². The second kappa shape index (κ2) is 23.9. The maximum Gasteiger partial charge on any atom is 0.133 e. The lowest BCUT2D eigenvalue weighted by atomic mass is 9.64. The molecule has 0 amide bonds. The van der Waals surface area contributed by atoms with E-state index in [0.717, 1.165) is 19.3 Å². The average Bonchev–Trinajstić information content (AvgIpc) is 3.47. The molecule has 0 saturated carbocycles. The number of ketones is 1. The van der Waals surface area contributed by atoms with Gasteiger partial charge in [-0.1, -0.05) is 72.1 Å². The number of unbranched alkanes of at least 4 members (excludes halogenated alkanes) is 8. The van der Waals surface area contributed by atoms with Crippen LogP contribution < -0.4 is 0 Å². The van der Waals surface area contributed by atoms with Gasteiger partial charge < -0.3 is 39.0 Å². The summed E-state index contributed by atoms with van der Waals surface area (Å²) in [5.41, 5.74) is -5.66. The lowest BCUT2D eigenvalue weighted by Gasteiger charge is -2.51. The fourth-order valence-electron chi connectivity index (χ4n) is 9.10. The van der Waals surface area contributed by atoms with Gasteiger partial charge in [0.1, 0.15) is 5.78 Å². The Morgan fingerprint density at radius 3 is 1.39 bits per heavy atom. The first-order valence-corrected chi connectivity index (χ1v) is 23.6. The number of Topliss-reactive ketones (excluding diaryl/α,β-unsaturated/α-hetero) is 1. The van der Waals surface area contributed by atoms with Gasteiger partial charge in [-0.2, -0.15) is 0 Å². The van der Waals surface area contributed by atoms with Gasteiger partial charge in [-0.25, -0.2) is 0 Å². The molecule has 0 aromatic carbocycles. The fourth-order valence-corrected chi connectivity index (χ4v) is 9.10. The first-order chi connectivity index (χ1) is 26.8. The highest BCUT2D eigenvalue weighted by Gasteiger charge is 2.60. The summed E-state index contributed by atoms with van der Waals surface area (Å²) in [4.78, 5) is 13.2. The van der Waals surface area contributed by atoms with Crippen LogP contribution in [0.15, 0.2) is 0 Å². The zero-order chi connectivity index (χ0) is 45.6. The number of aliphatic hydroxyl groups is 3. The van der Waals surface area contributed by atoms with E-state index in [1.54, 1.807) is 41.5 Å². The summed E-state index contributed by atoms with van der Waals surface area (Å²) < 4.78 is 34.1. The van der Waals surface area contributed by atoms with Crippen molar-refractivity contribution in [2.24, 2.45) is 23.2 Å². The number of hydrogen-bond donors (Lipinski definition) is 3. The van der Waals surface area contributed by atoms with Crippen molar-refractivity contribution < 1.29 is 43.8 Å². The molecule has 352 valence electrons. The van der Waals surface area contributed by atoms with E-state index in [1.807, 2.05) is 0 Å². The molecule has 0 aromatic heterocycles. The van der Waals surface area contributed by atoms with Gasteiger partial charge in [-0.15, -0.1) is 0 Å². The van der Waals surface area contributed by atoms with Crippen molar-refractivity contribution in [2.45, 2.75) is 259 Å². The summed E-state index contributed by atoms with van der Waals surface area (Å²) >= 11 is 0. The van der Waals surface area contributed by atoms with Gasteiger partial charge in [0, 0.05) is 37.2 Å². The Bertz CT molecular complexity index is 1170. The molecule has 59 heavy (non-hydrogen) atoms. The molecule has 1 fully saturated rings. The molecule has 4 unspecified atom stereocenters. The van der Waals surface area contributed by atoms with Crippen LogP contribution in [0, 0.1) is 23.2 Å². The molecule has 0 bridgehead atoms. The standard InChI is InChI=1S/C50H98O9/c1-18-19-20-21-22-23-24-25-26-27-38(51)36-43(2,3)28-32-58-49(14,15)42(50(16,17)59-35-31-46(8,9)54)41-40(48(12,13)57-34-30-45(6,7)53)39(37-55-41)47(10,11)56-33-29-44(4,5)52/h39-42,52-54H,18-37H2,1-17H3. The summed E-state index contributed by atoms with van der Waals surface area (Å²) in [6, 6.07) is 0. The summed E-state index contributed by atoms with van der Waals surface area (Å²) in [7, 11) is 0. The monoisotopic (exact) mass is 843 g/mol. The van der Waals surface area contributed by atoms with Crippen LogP contribution in [0.5, 0.6) is 0 Å². The van der Waals surface area contributed by atoms with Crippen molar-refractivity contribution in [3.05, 3.63) is 0 Å². The highest BCUT2D eigenvalue weighted by molar-refractivity contribution is 5.78. The topological polar surface area (TPSA) is 124 Å². The maximum atomic E-state index is 13.2. The van der Waals surface area contributed by atoms with E-state index < -0.39 is 39.2 Å². The molecule has 1 heterocycles. The van der Waals surface area contributed by atoms with Gasteiger partial charge in [-0.05, 0) is 134 Å². The van der Waals surface area contributed by atoms with E-state index >= 15 is 0 Å². The maximum absolute atomic E-state index is 13.2. The van der Waals surface area contributed by atoms with E-state index in [2.05, 4.69) is 76.2 Å². The number of carbonyl (C=O) groups is 1. The highest BCUT2D eigenvalue weighted by atomic mass is 16.5. The van der Waals surface area contributed by atoms with Crippen LogP contribution >= 0.6 is 0 Å². The summed E-state index contributed by atoms with van der Waals surface area (Å²) in [5, 5.41) is 31.7. The molecular weight excluding hydrogens is 745 g/mol. The molecule has 1 aliphatic heterocycles. The molecule has 0 spiro atoms. The highest BCUT2D eigenvalue weighted by Crippen LogP contribution is 2.52.